The minimum atomic E-state index is 0.237. The molecule has 1 amide bonds. The molecule has 0 saturated carbocycles. The van der Waals surface area contributed by atoms with E-state index in [9.17, 15) is 4.79 Å². The van der Waals surface area contributed by atoms with E-state index in [-0.39, 0.29) is 5.91 Å². The van der Waals surface area contributed by atoms with Crippen LogP contribution in [0.4, 0.5) is 0 Å². The van der Waals surface area contributed by atoms with Gasteiger partial charge in [0.15, 0.2) is 0 Å². The van der Waals surface area contributed by atoms with Crippen LogP contribution < -0.4 is 0 Å². The Kier molecular flexibility index (Phi) is 4.81. The van der Waals surface area contributed by atoms with Crippen LogP contribution in [0, 0.1) is 6.92 Å². The quantitative estimate of drug-likeness (QED) is 0.852. The number of nitrogens with zero attached hydrogens (tertiary/aromatic N) is 3. The molecule has 2 aromatic rings. The molecule has 1 fully saturated rings. The first kappa shape index (κ1) is 17.3. The molecule has 0 atom stereocenters. The Morgan fingerprint density at radius 3 is 2.88 bits per heavy atom. The highest BCUT2D eigenvalue weighted by molar-refractivity contribution is 5.79. The van der Waals surface area contributed by atoms with Crippen molar-refractivity contribution >= 4 is 5.91 Å². The van der Waals surface area contributed by atoms with Crippen LogP contribution in [0.1, 0.15) is 46.8 Å². The zero-order chi connectivity index (χ0) is 18.1. The summed E-state index contributed by atoms with van der Waals surface area (Å²) in [5.74, 6) is 0.676. The zero-order valence-electron chi connectivity index (χ0n) is 15.7. The van der Waals surface area contributed by atoms with Gasteiger partial charge in [-0.15, -0.1) is 0 Å². The smallest absolute Gasteiger partial charge is 0.226 e. The van der Waals surface area contributed by atoms with Crippen LogP contribution in [0.5, 0.6) is 0 Å². The molecule has 0 unspecified atom stereocenters. The molecule has 26 heavy (non-hydrogen) atoms. The molecule has 0 aliphatic carbocycles. The van der Waals surface area contributed by atoms with Crippen molar-refractivity contribution in [2.24, 2.45) is 7.05 Å². The molecule has 0 spiro atoms. The second-order valence-electron chi connectivity index (χ2n) is 7.56. The highest BCUT2D eigenvalue weighted by atomic mass is 16.5. The summed E-state index contributed by atoms with van der Waals surface area (Å²) in [6.07, 6.45) is 3.43. The van der Waals surface area contributed by atoms with Crippen molar-refractivity contribution in [3.05, 3.63) is 52.3 Å². The third-order valence-electron chi connectivity index (χ3n) is 5.71. The summed E-state index contributed by atoms with van der Waals surface area (Å²) in [5, 5.41) is 4.80. The molecular formula is C21H27N3O2. The molecule has 4 rings (SSSR count). The average molecular weight is 353 g/mol. The molecule has 3 heterocycles. The van der Waals surface area contributed by atoms with Gasteiger partial charge in [0, 0.05) is 43.7 Å². The number of ether oxygens (including phenoxy) is 1. The summed E-state index contributed by atoms with van der Waals surface area (Å²) >= 11 is 0. The monoisotopic (exact) mass is 353 g/mol. The second-order valence-corrected chi connectivity index (χ2v) is 7.56. The maximum Gasteiger partial charge on any atom is 0.226 e. The van der Waals surface area contributed by atoms with Gasteiger partial charge in [0.05, 0.1) is 25.3 Å². The second kappa shape index (κ2) is 7.23. The normalized spacial score (nSPS) is 18.0. The van der Waals surface area contributed by atoms with E-state index in [0.717, 1.165) is 44.5 Å². The maximum absolute atomic E-state index is 12.6. The van der Waals surface area contributed by atoms with E-state index in [0.29, 0.717) is 18.9 Å². The molecule has 1 aromatic heterocycles. The Hall–Kier alpha value is -2.14. The number of hydrogen-bond acceptors (Lipinski definition) is 3. The summed E-state index contributed by atoms with van der Waals surface area (Å²) < 4.78 is 7.69. The zero-order valence-corrected chi connectivity index (χ0v) is 15.7. The van der Waals surface area contributed by atoms with Gasteiger partial charge in [0.2, 0.25) is 5.91 Å². The van der Waals surface area contributed by atoms with Crippen LogP contribution in [0.2, 0.25) is 0 Å². The Bertz CT molecular complexity index is 804. The van der Waals surface area contributed by atoms with E-state index in [1.165, 1.54) is 22.5 Å². The van der Waals surface area contributed by atoms with Gasteiger partial charge in [-0.2, -0.15) is 5.10 Å². The third kappa shape index (κ3) is 3.40. The molecule has 0 N–H and O–H groups in total. The number of carbonyl (C=O) groups excluding carboxylic acids is 1. The number of carbonyl (C=O) groups is 1. The highest BCUT2D eigenvalue weighted by Crippen LogP contribution is 2.33. The maximum atomic E-state index is 12.6. The molecule has 5 nitrogen and oxygen atoms in total. The van der Waals surface area contributed by atoms with Crippen molar-refractivity contribution in [3.63, 3.8) is 0 Å². The highest BCUT2D eigenvalue weighted by Gasteiger charge is 2.29. The van der Waals surface area contributed by atoms with Crippen molar-refractivity contribution in [1.82, 2.24) is 14.7 Å². The van der Waals surface area contributed by atoms with Crippen LogP contribution >= 0.6 is 0 Å². The van der Waals surface area contributed by atoms with E-state index in [4.69, 9.17) is 9.84 Å². The minimum Gasteiger partial charge on any atom is -0.376 e. The molecule has 2 aliphatic heterocycles. The number of benzene rings is 1. The largest absolute Gasteiger partial charge is 0.376 e. The van der Waals surface area contributed by atoms with Gasteiger partial charge in [-0.05, 0) is 25.3 Å². The van der Waals surface area contributed by atoms with Crippen molar-refractivity contribution < 1.29 is 9.53 Å². The number of rotatable bonds is 3. The number of likely N-dealkylation sites (tertiary alicyclic amines) is 1. The fourth-order valence-corrected chi connectivity index (χ4v) is 4.28. The van der Waals surface area contributed by atoms with Gasteiger partial charge in [-0.1, -0.05) is 29.8 Å². The lowest BCUT2D eigenvalue weighted by molar-refractivity contribution is -0.131. The molecule has 138 valence electrons. The fourth-order valence-electron chi connectivity index (χ4n) is 4.28. The van der Waals surface area contributed by atoms with E-state index < -0.39 is 0 Å². The van der Waals surface area contributed by atoms with E-state index in [1.807, 2.05) is 28.8 Å². The van der Waals surface area contributed by atoms with Crippen molar-refractivity contribution in [2.45, 2.75) is 45.1 Å². The number of amides is 1. The summed E-state index contributed by atoms with van der Waals surface area (Å²) in [7, 11) is 2.04. The van der Waals surface area contributed by atoms with Gasteiger partial charge >= 0.3 is 0 Å². The van der Waals surface area contributed by atoms with Crippen LogP contribution in [-0.2, 0) is 36.0 Å². The molecule has 5 heteroatoms. The fraction of sp³-hybridized carbons (Fsp3) is 0.524. The number of aromatic nitrogens is 2. The predicted octanol–water partition coefficient (Wildman–Crippen LogP) is 2.75. The molecule has 0 bridgehead atoms. The topological polar surface area (TPSA) is 47.4 Å². The first-order valence-corrected chi connectivity index (χ1v) is 9.57. The van der Waals surface area contributed by atoms with Gasteiger partial charge < -0.3 is 9.64 Å². The lowest BCUT2D eigenvalue weighted by Crippen LogP contribution is -2.39. The predicted molar refractivity (Wildman–Crippen MR) is 100 cm³/mol. The molecule has 2 aliphatic rings. The van der Waals surface area contributed by atoms with E-state index in [1.54, 1.807) is 0 Å². The molecule has 0 radical (unpaired) electrons. The van der Waals surface area contributed by atoms with Gasteiger partial charge in [0.1, 0.15) is 0 Å². The van der Waals surface area contributed by atoms with Crippen LogP contribution in [-0.4, -0.2) is 40.3 Å². The van der Waals surface area contributed by atoms with E-state index in [2.05, 4.69) is 19.1 Å². The first-order valence-electron chi connectivity index (χ1n) is 9.57. The number of piperidine rings is 1. The lowest BCUT2D eigenvalue weighted by atomic mass is 9.90. The summed E-state index contributed by atoms with van der Waals surface area (Å²) in [4.78, 5) is 14.7. The number of aryl methyl sites for hydroxylation is 2. The Balaban J connectivity index is 1.39. The average Bonchev–Trinajstić information content (AvgIpc) is 2.99. The Labute approximate surface area is 154 Å². The van der Waals surface area contributed by atoms with Crippen molar-refractivity contribution in [3.8, 4) is 0 Å². The molecular weight excluding hydrogens is 326 g/mol. The minimum absolute atomic E-state index is 0.237. The van der Waals surface area contributed by atoms with Gasteiger partial charge in [-0.25, -0.2) is 0 Å². The third-order valence-corrected chi connectivity index (χ3v) is 5.71. The summed E-state index contributed by atoms with van der Waals surface area (Å²) in [6.45, 7) is 5.18. The van der Waals surface area contributed by atoms with Crippen molar-refractivity contribution in [2.75, 3.05) is 19.7 Å². The summed E-state index contributed by atoms with van der Waals surface area (Å²) in [5.41, 5.74) is 6.13. The van der Waals surface area contributed by atoms with Crippen LogP contribution in [0.25, 0.3) is 0 Å². The van der Waals surface area contributed by atoms with Crippen LogP contribution in [0.3, 0.4) is 0 Å². The molecule has 1 aromatic carbocycles. The first-order chi connectivity index (χ1) is 12.6. The van der Waals surface area contributed by atoms with Gasteiger partial charge in [-0.3, -0.25) is 9.48 Å². The van der Waals surface area contributed by atoms with Crippen molar-refractivity contribution in [1.29, 1.82) is 0 Å². The Morgan fingerprint density at radius 1 is 1.31 bits per heavy atom. The lowest BCUT2D eigenvalue weighted by Gasteiger charge is -2.32. The SMILES string of the molecule is Cc1cccc(CC(=O)N2CCC(c3nn(C)c4c3COCC4)CC2)c1. The number of hydrogen-bond donors (Lipinski definition) is 0. The standard InChI is InChI=1S/C21H27N3O2/c1-15-4-3-5-16(12-15)13-20(25)24-9-6-17(7-10-24)21-18-14-26-11-8-19(18)23(2)22-21/h3-5,12,17H,6-11,13-14H2,1-2H3. The molecule has 1 saturated heterocycles. The van der Waals surface area contributed by atoms with E-state index >= 15 is 0 Å². The van der Waals surface area contributed by atoms with Crippen LogP contribution in [0.15, 0.2) is 24.3 Å². The number of fused-ring (bicyclic) bond motifs is 1. The Morgan fingerprint density at radius 2 is 2.12 bits per heavy atom. The van der Waals surface area contributed by atoms with Gasteiger partial charge in [0.25, 0.3) is 0 Å². The summed E-state index contributed by atoms with van der Waals surface area (Å²) in [6, 6.07) is 8.23.